The maximum Gasteiger partial charge on any atom is 0.241 e. The molecule has 1 N–H and O–H groups in total. The zero-order chi connectivity index (χ0) is 14.1. The van der Waals surface area contributed by atoms with E-state index in [0.717, 1.165) is 58.1 Å². The number of hydrogen-bond donors (Lipinski definition) is 1. The standard InChI is InChI=1S/C15H30N2O2/c1-4-6-10-13-15(18)17(14(5-2)16-13)11-8-7-9-12-19-3/h13-14,16H,4-12H2,1-3H3. The highest BCUT2D eigenvalue weighted by Gasteiger charge is 2.36. The summed E-state index contributed by atoms with van der Waals surface area (Å²) < 4.78 is 5.05. The Balaban J connectivity index is 2.35. The lowest BCUT2D eigenvalue weighted by atomic mass is 10.1. The van der Waals surface area contributed by atoms with Crippen molar-refractivity contribution in [1.82, 2.24) is 10.2 Å². The van der Waals surface area contributed by atoms with Crippen LogP contribution in [0.15, 0.2) is 0 Å². The Morgan fingerprint density at radius 3 is 2.63 bits per heavy atom. The molecule has 4 heteroatoms. The molecule has 1 aliphatic rings. The monoisotopic (exact) mass is 270 g/mol. The minimum atomic E-state index is 0.0591. The molecule has 0 aromatic carbocycles. The number of rotatable bonds is 10. The topological polar surface area (TPSA) is 41.6 Å². The summed E-state index contributed by atoms with van der Waals surface area (Å²) in [5.74, 6) is 0.312. The summed E-state index contributed by atoms with van der Waals surface area (Å²) in [5, 5.41) is 3.48. The van der Waals surface area contributed by atoms with Crippen LogP contribution in [0.2, 0.25) is 0 Å². The van der Waals surface area contributed by atoms with Gasteiger partial charge >= 0.3 is 0 Å². The molecular formula is C15H30N2O2. The second kappa shape index (κ2) is 9.32. The van der Waals surface area contributed by atoms with Gasteiger partial charge in [0.05, 0.1) is 12.2 Å². The lowest BCUT2D eigenvalue weighted by Crippen LogP contribution is -2.37. The third-order valence-electron chi connectivity index (χ3n) is 3.83. The van der Waals surface area contributed by atoms with Crippen LogP contribution >= 0.6 is 0 Å². The maximum absolute atomic E-state index is 12.3. The maximum atomic E-state index is 12.3. The van der Waals surface area contributed by atoms with Crippen molar-refractivity contribution in [3.8, 4) is 0 Å². The third kappa shape index (κ3) is 5.11. The second-order valence-electron chi connectivity index (χ2n) is 5.37. The van der Waals surface area contributed by atoms with Crippen molar-refractivity contribution >= 4 is 5.91 Å². The summed E-state index contributed by atoms with van der Waals surface area (Å²) >= 11 is 0. The molecular weight excluding hydrogens is 240 g/mol. The molecule has 0 aliphatic carbocycles. The quantitative estimate of drug-likeness (QED) is 0.620. The first-order valence-corrected chi connectivity index (χ1v) is 7.80. The highest BCUT2D eigenvalue weighted by Crippen LogP contribution is 2.18. The molecule has 1 rings (SSSR count). The number of carbonyl (C=O) groups excluding carboxylic acids is 1. The number of nitrogens with zero attached hydrogens (tertiary/aromatic N) is 1. The highest BCUT2D eigenvalue weighted by molar-refractivity contribution is 5.84. The molecule has 0 aromatic rings. The lowest BCUT2D eigenvalue weighted by molar-refractivity contribution is -0.130. The number of hydrogen-bond acceptors (Lipinski definition) is 3. The van der Waals surface area contributed by atoms with E-state index >= 15 is 0 Å². The number of unbranched alkanes of at least 4 members (excludes halogenated alkanes) is 3. The predicted octanol–water partition coefficient (Wildman–Crippen LogP) is 2.53. The first kappa shape index (κ1) is 16.4. The van der Waals surface area contributed by atoms with Gasteiger partial charge in [0.2, 0.25) is 5.91 Å². The van der Waals surface area contributed by atoms with Crippen molar-refractivity contribution in [2.75, 3.05) is 20.3 Å². The second-order valence-corrected chi connectivity index (χ2v) is 5.37. The summed E-state index contributed by atoms with van der Waals surface area (Å²) in [6.45, 7) is 6.02. The summed E-state index contributed by atoms with van der Waals surface area (Å²) in [6, 6.07) is 0.0591. The zero-order valence-electron chi connectivity index (χ0n) is 12.8. The highest BCUT2D eigenvalue weighted by atomic mass is 16.5. The fourth-order valence-electron chi connectivity index (χ4n) is 2.67. The van der Waals surface area contributed by atoms with E-state index in [2.05, 4.69) is 19.2 Å². The van der Waals surface area contributed by atoms with Gasteiger partial charge in [-0.15, -0.1) is 0 Å². The third-order valence-corrected chi connectivity index (χ3v) is 3.83. The fraction of sp³-hybridized carbons (Fsp3) is 0.933. The van der Waals surface area contributed by atoms with E-state index in [1.807, 2.05) is 4.90 Å². The van der Waals surface area contributed by atoms with Crippen LogP contribution in [0.3, 0.4) is 0 Å². The van der Waals surface area contributed by atoms with Crippen molar-refractivity contribution in [3.05, 3.63) is 0 Å². The van der Waals surface area contributed by atoms with Crippen molar-refractivity contribution in [2.45, 2.75) is 71.0 Å². The summed E-state index contributed by atoms with van der Waals surface area (Å²) in [6.07, 6.45) is 7.79. The molecule has 1 saturated heterocycles. The van der Waals surface area contributed by atoms with Crippen molar-refractivity contribution in [3.63, 3.8) is 0 Å². The average Bonchev–Trinajstić information content (AvgIpc) is 2.73. The Labute approximate surface area is 117 Å². The smallest absolute Gasteiger partial charge is 0.241 e. The molecule has 0 saturated carbocycles. The van der Waals surface area contributed by atoms with E-state index in [9.17, 15) is 4.79 Å². The van der Waals surface area contributed by atoms with Gasteiger partial charge < -0.3 is 9.64 Å². The first-order chi connectivity index (χ1) is 9.24. The number of methoxy groups -OCH3 is 1. The molecule has 19 heavy (non-hydrogen) atoms. The molecule has 2 atom stereocenters. The number of carbonyl (C=O) groups is 1. The molecule has 2 unspecified atom stereocenters. The number of ether oxygens (including phenoxy) is 1. The predicted molar refractivity (Wildman–Crippen MR) is 78.0 cm³/mol. The van der Waals surface area contributed by atoms with Gasteiger partial charge in [0, 0.05) is 20.3 Å². The molecule has 0 radical (unpaired) electrons. The van der Waals surface area contributed by atoms with E-state index in [-0.39, 0.29) is 12.2 Å². The Morgan fingerprint density at radius 2 is 2.00 bits per heavy atom. The van der Waals surface area contributed by atoms with E-state index in [1.54, 1.807) is 7.11 Å². The molecule has 0 spiro atoms. The van der Waals surface area contributed by atoms with Crippen LogP contribution in [0.4, 0.5) is 0 Å². The number of amides is 1. The van der Waals surface area contributed by atoms with E-state index in [1.165, 1.54) is 0 Å². The SMILES string of the molecule is CCCCC1NC(CC)N(CCCCCOC)C1=O. The van der Waals surface area contributed by atoms with Gasteiger partial charge in [0.25, 0.3) is 0 Å². The van der Waals surface area contributed by atoms with Crippen LogP contribution in [0, 0.1) is 0 Å². The summed E-state index contributed by atoms with van der Waals surface area (Å²) in [4.78, 5) is 14.4. The van der Waals surface area contributed by atoms with Gasteiger partial charge in [-0.05, 0) is 32.1 Å². The fourth-order valence-corrected chi connectivity index (χ4v) is 2.67. The zero-order valence-corrected chi connectivity index (χ0v) is 12.8. The Kier molecular flexibility index (Phi) is 8.07. The van der Waals surface area contributed by atoms with Crippen molar-refractivity contribution < 1.29 is 9.53 Å². The molecule has 1 amide bonds. The molecule has 1 heterocycles. The minimum Gasteiger partial charge on any atom is -0.385 e. The van der Waals surface area contributed by atoms with Crippen LogP contribution in [0.5, 0.6) is 0 Å². The Bertz CT molecular complexity index is 259. The van der Waals surface area contributed by atoms with Gasteiger partial charge in [0.15, 0.2) is 0 Å². The van der Waals surface area contributed by atoms with Crippen LogP contribution in [-0.4, -0.2) is 43.3 Å². The lowest BCUT2D eigenvalue weighted by Gasteiger charge is -2.22. The van der Waals surface area contributed by atoms with Crippen LogP contribution in [0.25, 0.3) is 0 Å². The van der Waals surface area contributed by atoms with Gasteiger partial charge in [-0.3, -0.25) is 10.1 Å². The van der Waals surface area contributed by atoms with E-state index in [4.69, 9.17) is 4.74 Å². The van der Waals surface area contributed by atoms with Gasteiger partial charge in [-0.1, -0.05) is 26.7 Å². The molecule has 0 aromatic heterocycles. The van der Waals surface area contributed by atoms with E-state index < -0.39 is 0 Å². The Hall–Kier alpha value is -0.610. The summed E-state index contributed by atoms with van der Waals surface area (Å²) in [5.41, 5.74) is 0. The molecule has 1 aliphatic heterocycles. The van der Waals surface area contributed by atoms with Crippen molar-refractivity contribution in [1.29, 1.82) is 0 Å². The van der Waals surface area contributed by atoms with Gasteiger partial charge in [-0.25, -0.2) is 0 Å². The van der Waals surface area contributed by atoms with Crippen LogP contribution < -0.4 is 5.32 Å². The number of nitrogens with one attached hydrogen (secondary N) is 1. The average molecular weight is 270 g/mol. The van der Waals surface area contributed by atoms with Gasteiger partial charge in [0.1, 0.15) is 0 Å². The van der Waals surface area contributed by atoms with Crippen molar-refractivity contribution in [2.24, 2.45) is 0 Å². The van der Waals surface area contributed by atoms with E-state index in [0.29, 0.717) is 5.91 Å². The normalized spacial score (nSPS) is 23.3. The van der Waals surface area contributed by atoms with Crippen LogP contribution in [0.1, 0.15) is 58.8 Å². The minimum absolute atomic E-state index is 0.0591. The molecule has 1 fully saturated rings. The molecule has 4 nitrogen and oxygen atoms in total. The molecule has 112 valence electrons. The summed E-state index contributed by atoms with van der Waals surface area (Å²) in [7, 11) is 1.74. The molecule has 0 bridgehead atoms. The van der Waals surface area contributed by atoms with Gasteiger partial charge in [-0.2, -0.15) is 0 Å². The van der Waals surface area contributed by atoms with Crippen LogP contribution in [-0.2, 0) is 9.53 Å². The first-order valence-electron chi connectivity index (χ1n) is 7.80. The largest absolute Gasteiger partial charge is 0.385 e. The Morgan fingerprint density at radius 1 is 1.21 bits per heavy atom.